The molecule has 0 atom stereocenters. The van der Waals surface area contributed by atoms with Gasteiger partial charge in [-0.1, -0.05) is 41.9 Å². The van der Waals surface area contributed by atoms with Crippen molar-refractivity contribution in [3.05, 3.63) is 53.6 Å². The zero-order chi connectivity index (χ0) is 11.5. The highest BCUT2D eigenvalue weighted by Crippen LogP contribution is 2.28. The Labute approximate surface area is 101 Å². The molecular formula is C14H14ClN. The van der Waals surface area contributed by atoms with E-state index in [0.717, 1.165) is 16.1 Å². The molecule has 0 amide bonds. The fraction of sp³-hybridized carbons (Fsp3) is 0.143. The van der Waals surface area contributed by atoms with E-state index in [1.165, 1.54) is 5.69 Å². The van der Waals surface area contributed by atoms with Gasteiger partial charge in [0, 0.05) is 30.4 Å². The molecule has 0 fully saturated rings. The van der Waals surface area contributed by atoms with E-state index in [1.807, 2.05) is 38.4 Å². The van der Waals surface area contributed by atoms with Crippen LogP contribution in [0.5, 0.6) is 0 Å². The van der Waals surface area contributed by atoms with E-state index >= 15 is 0 Å². The van der Waals surface area contributed by atoms with E-state index in [0.29, 0.717) is 0 Å². The number of benzene rings is 2. The fourth-order valence-electron chi connectivity index (χ4n) is 1.63. The van der Waals surface area contributed by atoms with E-state index in [9.17, 15) is 0 Å². The minimum atomic E-state index is 0.792. The summed E-state index contributed by atoms with van der Waals surface area (Å²) in [6.07, 6.45) is 0. The molecule has 16 heavy (non-hydrogen) atoms. The van der Waals surface area contributed by atoms with Crippen molar-refractivity contribution in [1.82, 2.24) is 0 Å². The van der Waals surface area contributed by atoms with Crippen molar-refractivity contribution in [2.45, 2.75) is 0 Å². The molecule has 0 N–H and O–H groups in total. The average molecular weight is 232 g/mol. The van der Waals surface area contributed by atoms with Crippen LogP contribution < -0.4 is 4.90 Å². The van der Waals surface area contributed by atoms with Crippen molar-refractivity contribution in [1.29, 1.82) is 0 Å². The van der Waals surface area contributed by atoms with Crippen LogP contribution in [0, 0.1) is 0 Å². The molecule has 2 aromatic carbocycles. The Kier molecular flexibility index (Phi) is 3.16. The van der Waals surface area contributed by atoms with Gasteiger partial charge in [0.1, 0.15) is 0 Å². The predicted molar refractivity (Wildman–Crippen MR) is 71.2 cm³/mol. The number of hydrogen-bond donors (Lipinski definition) is 0. The van der Waals surface area contributed by atoms with Gasteiger partial charge in [0.05, 0.1) is 0 Å². The first-order chi connectivity index (χ1) is 7.68. The lowest BCUT2D eigenvalue weighted by atomic mass is 10.1. The average Bonchev–Trinajstić information content (AvgIpc) is 2.30. The molecule has 0 heterocycles. The molecule has 0 radical (unpaired) electrons. The van der Waals surface area contributed by atoms with E-state index in [-0.39, 0.29) is 0 Å². The van der Waals surface area contributed by atoms with Crippen LogP contribution in [-0.2, 0) is 0 Å². The molecule has 0 spiro atoms. The van der Waals surface area contributed by atoms with Crippen molar-refractivity contribution >= 4 is 17.3 Å². The Hall–Kier alpha value is -1.47. The molecule has 0 aliphatic carbocycles. The van der Waals surface area contributed by atoms with Crippen LogP contribution in [0.1, 0.15) is 0 Å². The molecule has 0 aromatic heterocycles. The highest BCUT2D eigenvalue weighted by atomic mass is 35.5. The van der Waals surface area contributed by atoms with Crippen LogP contribution in [-0.4, -0.2) is 14.1 Å². The number of halogens is 1. The molecule has 0 bridgehead atoms. The molecule has 2 aromatic rings. The summed E-state index contributed by atoms with van der Waals surface area (Å²) in [5.74, 6) is 0. The van der Waals surface area contributed by atoms with Crippen LogP contribution in [0.3, 0.4) is 0 Å². The van der Waals surface area contributed by atoms with Crippen LogP contribution in [0.4, 0.5) is 5.69 Å². The van der Waals surface area contributed by atoms with E-state index < -0.39 is 0 Å². The Morgan fingerprint density at radius 3 is 2.06 bits per heavy atom. The lowest BCUT2D eigenvalue weighted by Crippen LogP contribution is -2.07. The molecule has 2 heteroatoms. The van der Waals surface area contributed by atoms with Gasteiger partial charge >= 0.3 is 0 Å². The van der Waals surface area contributed by atoms with Crippen molar-refractivity contribution in [3.8, 4) is 11.1 Å². The smallest absolute Gasteiger partial charge is 0.0484 e. The molecular weight excluding hydrogens is 218 g/mol. The zero-order valence-corrected chi connectivity index (χ0v) is 10.2. The largest absolute Gasteiger partial charge is 0.378 e. The predicted octanol–water partition coefficient (Wildman–Crippen LogP) is 4.07. The molecule has 1 nitrogen and oxygen atoms in total. The van der Waals surface area contributed by atoms with Crippen molar-refractivity contribution < 1.29 is 0 Å². The summed E-state index contributed by atoms with van der Waals surface area (Å²) in [6, 6.07) is 16.3. The van der Waals surface area contributed by atoms with Crippen LogP contribution in [0.25, 0.3) is 11.1 Å². The maximum atomic E-state index is 6.15. The Morgan fingerprint density at radius 1 is 0.875 bits per heavy atom. The van der Waals surface area contributed by atoms with Crippen molar-refractivity contribution in [3.63, 3.8) is 0 Å². The standard InChI is InChI=1S/C14H14ClN/c1-16(2)12-9-7-11(8-10-12)13-5-3-4-6-14(13)15/h3-10H,1-2H3. The monoisotopic (exact) mass is 231 g/mol. The number of anilines is 1. The summed E-state index contributed by atoms with van der Waals surface area (Å²) in [7, 11) is 4.06. The molecule has 2 rings (SSSR count). The number of hydrogen-bond acceptors (Lipinski definition) is 1. The summed E-state index contributed by atoms with van der Waals surface area (Å²) in [5.41, 5.74) is 3.42. The SMILES string of the molecule is CN(C)c1ccc(-c2ccccc2Cl)cc1. The van der Waals surface area contributed by atoms with Gasteiger partial charge in [-0.3, -0.25) is 0 Å². The van der Waals surface area contributed by atoms with Crippen LogP contribution in [0.2, 0.25) is 5.02 Å². The Morgan fingerprint density at radius 2 is 1.50 bits per heavy atom. The van der Waals surface area contributed by atoms with Crippen molar-refractivity contribution in [2.24, 2.45) is 0 Å². The second-order valence-corrected chi connectivity index (χ2v) is 4.33. The summed E-state index contributed by atoms with van der Waals surface area (Å²) >= 11 is 6.15. The normalized spacial score (nSPS) is 10.2. The minimum absolute atomic E-state index is 0.792. The fourth-order valence-corrected chi connectivity index (χ4v) is 1.88. The lowest BCUT2D eigenvalue weighted by Gasteiger charge is -2.13. The topological polar surface area (TPSA) is 3.24 Å². The summed E-state index contributed by atoms with van der Waals surface area (Å²) in [4.78, 5) is 2.08. The first kappa shape index (κ1) is 11.0. The maximum Gasteiger partial charge on any atom is 0.0484 e. The lowest BCUT2D eigenvalue weighted by molar-refractivity contribution is 1.13. The number of rotatable bonds is 2. The minimum Gasteiger partial charge on any atom is -0.378 e. The third-order valence-electron chi connectivity index (χ3n) is 2.57. The maximum absolute atomic E-state index is 6.15. The van der Waals surface area contributed by atoms with Crippen molar-refractivity contribution in [2.75, 3.05) is 19.0 Å². The number of nitrogens with zero attached hydrogens (tertiary/aromatic N) is 1. The van der Waals surface area contributed by atoms with Gasteiger partial charge in [-0.15, -0.1) is 0 Å². The second-order valence-electron chi connectivity index (χ2n) is 3.92. The molecule has 0 aliphatic rings. The third-order valence-corrected chi connectivity index (χ3v) is 2.90. The van der Waals surface area contributed by atoms with E-state index in [2.05, 4.69) is 29.2 Å². The quantitative estimate of drug-likeness (QED) is 0.753. The van der Waals surface area contributed by atoms with Gasteiger partial charge in [0.25, 0.3) is 0 Å². The zero-order valence-electron chi connectivity index (χ0n) is 9.44. The van der Waals surface area contributed by atoms with Gasteiger partial charge in [0.15, 0.2) is 0 Å². The van der Waals surface area contributed by atoms with Crippen LogP contribution >= 0.6 is 11.6 Å². The first-order valence-electron chi connectivity index (χ1n) is 5.21. The molecule has 0 saturated carbocycles. The van der Waals surface area contributed by atoms with Gasteiger partial charge in [0.2, 0.25) is 0 Å². The highest BCUT2D eigenvalue weighted by Gasteiger charge is 2.02. The van der Waals surface area contributed by atoms with Crippen LogP contribution in [0.15, 0.2) is 48.5 Å². The van der Waals surface area contributed by atoms with Gasteiger partial charge < -0.3 is 4.90 Å². The van der Waals surface area contributed by atoms with E-state index in [1.54, 1.807) is 0 Å². The molecule has 82 valence electrons. The first-order valence-corrected chi connectivity index (χ1v) is 5.58. The van der Waals surface area contributed by atoms with Gasteiger partial charge in [-0.2, -0.15) is 0 Å². The Balaban J connectivity index is 2.39. The van der Waals surface area contributed by atoms with Gasteiger partial charge in [-0.25, -0.2) is 0 Å². The van der Waals surface area contributed by atoms with Gasteiger partial charge in [-0.05, 0) is 23.8 Å². The third kappa shape index (κ3) is 2.20. The summed E-state index contributed by atoms with van der Waals surface area (Å²) < 4.78 is 0. The Bertz CT molecular complexity index is 474. The second kappa shape index (κ2) is 4.58. The van der Waals surface area contributed by atoms with E-state index in [4.69, 9.17) is 11.6 Å². The highest BCUT2D eigenvalue weighted by molar-refractivity contribution is 6.33. The summed E-state index contributed by atoms with van der Waals surface area (Å²) in [5, 5.41) is 0.792. The molecule has 0 unspecified atom stereocenters. The molecule has 0 saturated heterocycles. The molecule has 0 aliphatic heterocycles. The summed E-state index contributed by atoms with van der Waals surface area (Å²) in [6.45, 7) is 0.